The van der Waals surface area contributed by atoms with Gasteiger partial charge in [0.05, 0.1) is 5.69 Å². The van der Waals surface area contributed by atoms with Crippen LogP contribution in [0.1, 0.15) is 31.1 Å². The Labute approximate surface area is 191 Å². The number of hydrogen-bond acceptors (Lipinski definition) is 4. The van der Waals surface area contributed by atoms with Gasteiger partial charge in [-0.3, -0.25) is 14.4 Å². The van der Waals surface area contributed by atoms with Crippen LogP contribution < -0.4 is 10.2 Å². The Morgan fingerprint density at radius 1 is 1.00 bits per heavy atom. The predicted molar refractivity (Wildman–Crippen MR) is 123 cm³/mol. The Morgan fingerprint density at radius 2 is 1.67 bits per heavy atom. The van der Waals surface area contributed by atoms with E-state index in [0.717, 1.165) is 10.8 Å². The lowest BCUT2D eigenvalue weighted by molar-refractivity contribution is -0.160. The van der Waals surface area contributed by atoms with Crippen LogP contribution in [0, 0.1) is 11.7 Å². The molecule has 0 aliphatic carbocycles. The summed E-state index contributed by atoms with van der Waals surface area (Å²) in [5.41, 5.74) is -0.370. The van der Waals surface area contributed by atoms with Gasteiger partial charge in [-0.2, -0.15) is 0 Å². The van der Waals surface area contributed by atoms with E-state index in [1.165, 1.54) is 23.1 Å². The lowest BCUT2D eigenvalue weighted by Crippen LogP contribution is -2.47. The predicted octanol–water partition coefficient (Wildman–Crippen LogP) is 4.08. The van der Waals surface area contributed by atoms with Crippen LogP contribution in [0.5, 0.6) is 0 Å². The molecule has 1 N–H and O–H groups in total. The first kappa shape index (κ1) is 22.5. The van der Waals surface area contributed by atoms with E-state index < -0.39 is 41.2 Å². The number of anilines is 1. The van der Waals surface area contributed by atoms with Gasteiger partial charge in [0.15, 0.2) is 0 Å². The molecule has 4 rings (SSSR count). The first-order valence-corrected chi connectivity index (χ1v) is 10.7. The molecular weight excluding hydrogens is 423 g/mol. The molecule has 0 unspecified atom stereocenters. The van der Waals surface area contributed by atoms with Crippen molar-refractivity contribution in [3.63, 3.8) is 0 Å². The summed E-state index contributed by atoms with van der Waals surface area (Å²) >= 11 is 0. The van der Waals surface area contributed by atoms with Gasteiger partial charge in [0, 0.05) is 12.1 Å². The standard InChI is InChI=1S/C26H25FN2O4/c1-26(2,3)33-25(32)19-15-29(21-11-7-6-10-20(21)27)24(31)22(19)28-23(30)18-13-12-16-8-4-5-9-17(16)14-18/h4-14,19,22H,15H2,1-3H3,(H,28,30)/t19-,22-/m1/s1. The summed E-state index contributed by atoms with van der Waals surface area (Å²) in [6, 6.07) is 17.4. The maximum Gasteiger partial charge on any atom is 0.313 e. The molecule has 6 nitrogen and oxygen atoms in total. The van der Waals surface area contributed by atoms with Crippen molar-refractivity contribution in [1.29, 1.82) is 0 Å². The average Bonchev–Trinajstić information content (AvgIpc) is 3.08. The fourth-order valence-corrected chi connectivity index (χ4v) is 3.93. The molecule has 0 spiro atoms. The van der Waals surface area contributed by atoms with Gasteiger partial charge in [-0.25, -0.2) is 4.39 Å². The number of carbonyl (C=O) groups is 3. The van der Waals surface area contributed by atoms with Crippen LogP contribution in [0.25, 0.3) is 10.8 Å². The van der Waals surface area contributed by atoms with E-state index in [1.54, 1.807) is 39.0 Å². The van der Waals surface area contributed by atoms with Gasteiger partial charge in [0.2, 0.25) is 0 Å². The van der Waals surface area contributed by atoms with Crippen molar-refractivity contribution < 1.29 is 23.5 Å². The molecule has 7 heteroatoms. The van der Waals surface area contributed by atoms with Gasteiger partial charge in [0.25, 0.3) is 11.8 Å². The van der Waals surface area contributed by atoms with Crippen LogP contribution in [0.4, 0.5) is 10.1 Å². The molecule has 33 heavy (non-hydrogen) atoms. The number of para-hydroxylation sites is 1. The van der Waals surface area contributed by atoms with Crippen molar-refractivity contribution in [1.82, 2.24) is 5.32 Å². The van der Waals surface area contributed by atoms with E-state index >= 15 is 0 Å². The van der Waals surface area contributed by atoms with Crippen LogP contribution in [0.15, 0.2) is 66.7 Å². The van der Waals surface area contributed by atoms with E-state index in [9.17, 15) is 18.8 Å². The van der Waals surface area contributed by atoms with Crippen LogP contribution in [-0.2, 0) is 14.3 Å². The molecule has 2 amide bonds. The molecule has 1 aliphatic rings. The van der Waals surface area contributed by atoms with Crippen LogP contribution in [0.2, 0.25) is 0 Å². The normalized spacial score (nSPS) is 18.4. The summed E-state index contributed by atoms with van der Waals surface area (Å²) < 4.78 is 19.9. The second kappa shape index (κ2) is 8.65. The third kappa shape index (κ3) is 4.72. The molecule has 0 radical (unpaired) electrons. The van der Waals surface area contributed by atoms with Crippen molar-refractivity contribution >= 4 is 34.2 Å². The zero-order valence-corrected chi connectivity index (χ0v) is 18.7. The van der Waals surface area contributed by atoms with Crippen molar-refractivity contribution in [2.75, 3.05) is 11.4 Å². The highest BCUT2D eigenvalue weighted by Gasteiger charge is 2.48. The van der Waals surface area contributed by atoms with Crippen molar-refractivity contribution in [2.45, 2.75) is 32.4 Å². The number of esters is 1. The van der Waals surface area contributed by atoms with E-state index in [4.69, 9.17) is 4.74 Å². The molecule has 3 aromatic rings. The first-order valence-electron chi connectivity index (χ1n) is 10.7. The molecule has 1 aliphatic heterocycles. The number of ether oxygens (including phenoxy) is 1. The summed E-state index contributed by atoms with van der Waals surface area (Å²) in [5, 5.41) is 4.54. The SMILES string of the molecule is CC(C)(C)OC(=O)[C@@H]1CN(c2ccccc2F)C(=O)[C@@H]1NC(=O)c1ccc2ccccc2c1. The maximum atomic E-state index is 14.4. The highest BCUT2D eigenvalue weighted by Crippen LogP contribution is 2.30. The molecule has 170 valence electrons. The Hall–Kier alpha value is -3.74. The third-order valence-corrected chi connectivity index (χ3v) is 5.46. The number of nitrogens with zero attached hydrogens (tertiary/aromatic N) is 1. The first-order chi connectivity index (χ1) is 15.6. The Bertz CT molecular complexity index is 1230. The average molecular weight is 448 g/mol. The second-order valence-corrected chi connectivity index (χ2v) is 9.05. The Morgan fingerprint density at radius 3 is 2.36 bits per heavy atom. The van der Waals surface area contributed by atoms with Crippen molar-refractivity contribution in [2.24, 2.45) is 5.92 Å². The molecule has 1 fully saturated rings. The quantitative estimate of drug-likeness (QED) is 0.611. The van der Waals surface area contributed by atoms with Gasteiger partial charge < -0.3 is 15.0 Å². The van der Waals surface area contributed by atoms with Crippen LogP contribution in [0.3, 0.4) is 0 Å². The highest BCUT2D eigenvalue weighted by atomic mass is 19.1. The number of hydrogen-bond donors (Lipinski definition) is 1. The fraction of sp³-hybridized carbons (Fsp3) is 0.269. The maximum absolute atomic E-state index is 14.4. The fourth-order valence-electron chi connectivity index (χ4n) is 3.93. The zero-order valence-electron chi connectivity index (χ0n) is 18.7. The number of amides is 2. The summed E-state index contributed by atoms with van der Waals surface area (Å²) in [4.78, 5) is 40.4. The third-order valence-electron chi connectivity index (χ3n) is 5.46. The van der Waals surface area contributed by atoms with Crippen LogP contribution >= 0.6 is 0 Å². The summed E-state index contributed by atoms with van der Waals surface area (Å²) in [6.07, 6.45) is 0. The molecule has 0 saturated carbocycles. The number of nitrogens with one attached hydrogen (secondary N) is 1. The smallest absolute Gasteiger partial charge is 0.313 e. The second-order valence-electron chi connectivity index (χ2n) is 9.05. The van der Waals surface area contributed by atoms with E-state index in [2.05, 4.69) is 5.32 Å². The van der Waals surface area contributed by atoms with Gasteiger partial charge in [-0.15, -0.1) is 0 Å². The van der Waals surface area contributed by atoms with Crippen molar-refractivity contribution in [3.8, 4) is 0 Å². The monoisotopic (exact) mass is 448 g/mol. The minimum Gasteiger partial charge on any atom is -0.460 e. The molecule has 1 heterocycles. The van der Waals surface area contributed by atoms with E-state index in [-0.39, 0.29) is 12.2 Å². The molecule has 3 aromatic carbocycles. The molecule has 0 bridgehead atoms. The topological polar surface area (TPSA) is 75.7 Å². The minimum atomic E-state index is -1.18. The number of fused-ring (bicyclic) bond motifs is 1. The lowest BCUT2D eigenvalue weighted by Gasteiger charge is -2.24. The summed E-state index contributed by atoms with van der Waals surface area (Å²) in [5.74, 6) is -3.26. The number of halogens is 1. The number of rotatable bonds is 4. The highest BCUT2D eigenvalue weighted by molar-refractivity contribution is 6.07. The summed E-state index contributed by atoms with van der Waals surface area (Å²) in [6.45, 7) is 5.06. The van der Waals surface area contributed by atoms with E-state index in [0.29, 0.717) is 5.56 Å². The Balaban J connectivity index is 1.64. The lowest BCUT2D eigenvalue weighted by atomic mass is 10.0. The molecule has 0 aromatic heterocycles. The molecule has 1 saturated heterocycles. The molecular formula is C26H25FN2O4. The minimum absolute atomic E-state index is 0.0542. The summed E-state index contributed by atoms with van der Waals surface area (Å²) in [7, 11) is 0. The zero-order chi connectivity index (χ0) is 23.8. The number of carbonyl (C=O) groups excluding carboxylic acids is 3. The van der Waals surface area contributed by atoms with Gasteiger partial charge in [-0.05, 0) is 55.8 Å². The van der Waals surface area contributed by atoms with Crippen LogP contribution in [-0.4, -0.2) is 36.0 Å². The Kier molecular flexibility index (Phi) is 5.89. The number of benzene rings is 3. The molecule has 2 atom stereocenters. The van der Waals surface area contributed by atoms with Gasteiger partial charge >= 0.3 is 5.97 Å². The largest absolute Gasteiger partial charge is 0.460 e. The van der Waals surface area contributed by atoms with E-state index in [1.807, 2.05) is 30.3 Å². The van der Waals surface area contributed by atoms with Gasteiger partial charge in [-0.1, -0.05) is 42.5 Å². The van der Waals surface area contributed by atoms with Crippen molar-refractivity contribution in [3.05, 3.63) is 78.1 Å². The van der Waals surface area contributed by atoms with Gasteiger partial charge in [0.1, 0.15) is 23.4 Å².